The zero-order valence-electron chi connectivity index (χ0n) is 5.54. The van der Waals surface area contributed by atoms with Gasteiger partial charge >= 0.3 is 0 Å². The molecular weight excluding hydrogens is 162 g/mol. The van der Waals surface area contributed by atoms with Crippen molar-refractivity contribution < 1.29 is 4.79 Å². The number of halogens is 1. The third kappa shape index (κ3) is 1.57. The molecule has 0 saturated heterocycles. The minimum absolute atomic E-state index is 0.324. The van der Waals surface area contributed by atoms with Crippen molar-refractivity contribution in [1.29, 1.82) is 0 Å². The molecule has 0 radical (unpaired) electrons. The Bertz CT molecular complexity index is 327. The quantitative estimate of drug-likeness (QED) is 0.463. The molecule has 0 atom stereocenters. The standard InChI is InChI=1S/C8H4ClNO/c1-10-8-3-2-6(5-11)4-7(8)9/h2-5H. The second-order valence-corrected chi connectivity index (χ2v) is 2.35. The largest absolute Gasteiger partial charge is 0.298 e. The lowest BCUT2D eigenvalue weighted by atomic mass is 10.2. The van der Waals surface area contributed by atoms with E-state index in [1.54, 1.807) is 6.07 Å². The van der Waals surface area contributed by atoms with Gasteiger partial charge in [-0.3, -0.25) is 4.79 Å². The maximum Gasteiger partial charge on any atom is 0.205 e. The molecule has 0 aromatic heterocycles. The van der Waals surface area contributed by atoms with Crippen molar-refractivity contribution >= 4 is 23.6 Å². The molecule has 11 heavy (non-hydrogen) atoms. The van der Waals surface area contributed by atoms with Gasteiger partial charge < -0.3 is 0 Å². The Morgan fingerprint density at radius 3 is 2.73 bits per heavy atom. The van der Waals surface area contributed by atoms with Crippen molar-refractivity contribution in [3.8, 4) is 0 Å². The SMILES string of the molecule is [C-]#[N+]c1ccc(C=O)cc1Cl. The molecule has 0 fully saturated rings. The predicted molar refractivity (Wildman–Crippen MR) is 43.1 cm³/mol. The highest BCUT2D eigenvalue weighted by Crippen LogP contribution is 2.24. The molecule has 0 aliphatic heterocycles. The molecule has 0 heterocycles. The monoisotopic (exact) mass is 165 g/mol. The summed E-state index contributed by atoms with van der Waals surface area (Å²) in [4.78, 5) is 13.4. The molecule has 3 heteroatoms. The lowest BCUT2D eigenvalue weighted by Crippen LogP contribution is -1.77. The number of rotatable bonds is 1. The first kappa shape index (κ1) is 7.77. The first-order valence-corrected chi connectivity index (χ1v) is 3.28. The molecule has 0 saturated carbocycles. The third-order valence-electron chi connectivity index (χ3n) is 1.23. The van der Waals surface area contributed by atoms with Crippen LogP contribution in [0.1, 0.15) is 10.4 Å². The molecule has 0 aliphatic rings. The molecule has 0 unspecified atom stereocenters. The predicted octanol–water partition coefficient (Wildman–Crippen LogP) is 2.70. The lowest BCUT2D eigenvalue weighted by Gasteiger charge is -1.93. The van der Waals surface area contributed by atoms with E-state index in [1.807, 2.05) is 0 Å². The van der Waals surface area contributed by atoms with Crippen LogP contribution in [0.2, 0.25) is 5.02 Å². The van der Waals surface area contributed by atoms with E-state index >= 15 is 0 Å². The summed E-state index contributed by atoms with van der Waals surface area (Å²) in [5.74, 6) is 0. The van der Waals surface area contributed by atoms with Gasteiger partial charge in [-0.15, -0.1) is 0 Å². The summed E-state index contributed by atoms with van der Waals surface area (Å²) in [6.45, 7) is 6.66. The Kier molecular flexibility index (Phi) is 2.25. The van der Waals surface area contributed by atoms with E-state index < -0.39 is 0 Å². The van der Waals surface area contributed by atoms with Crippen LogP contribution in [0.3, 0.4) is 0 Å². The minimum atomic E-state index is 0.324. The van der Waals surface area contributed by atoms with Crippen LogP contribution in [0.4, 0.5) is 5.69 Å². The number of nitrogens with zero attached hydrogens (tertiary/aromatic N) is 1. The molecule has 0 N–H and O–H groups in total. The summed E-state index contributed by atoms with van der Waals surface area (Å²) in [5, 5.41) is 0.324. The van der Waals surface area contributed by atoms with Crippen molar-refractivity contribution in [2.24, 2.45) is 0 Å². The van der Waals surface area contributed by atoms with E-state index in [1.165, 1.54) is 12.1 Å². The Labute approximate surface area is 69.2 Å². The fourth-order valence-corrected chi connectivity index (χ4v) is 0.918. The Balaban J connectivity index is 3.22. The summed E-state index contributed by atoms with van der Waals surface area (Å²) in [7, 11) is 0. The number of carbonyl (C=O) groups is 1. The van der Waals surface area contributed by atoms with E-state index in [4.69, 9.17) is 18.2 Å². The van der Waals surface area contributed by atoms with E-state index in [0.29, 0.717) is 22.6 Å². The van der Waals surface area contributed by atoms with Gasteiger partial charge in [0.1, 0.15) is 6.29 Å². The van der Waals surface area contributed by atoms with Crippen molar-refractivity contribution in [1.82, 2.24) is 0 Å². The van der Waals surface area contributed by atoms with E-state index in [9.17, 15) is 4.79 Å². The number of hydrogen-bond acceptors (Lipinski definition) is 1. The molecular formula is C8H4ClNO. The summed E-state index contributed by atoms with van der Waals surface area (Å²) in [6.07, 6.45) is 0.694. The molecule has 0 spiro atoms. The summed E-state index contributed by atoms with van der Waals surface area (Å²) in [6, 6.07) is 4.56. The van der Waals surface area contributed by atoms with Gasteiger partial charge in [-0.1, -0.05) is 23.7 Å². The molecule has 54 valence electrons. The van der Waals surface area contributed by atoms with E-state index in [0.717, 1.165) is 0 Å². The van der Waals surface area contributed by atoms with Gasteiger partial charge in [0.2, 0.25) is 5.69 Å². The van der Waals surface area contributed by atoms with Gasteiger partial charge in [0.25, 0.3) is 0 Å². The van der Waals surface area contributed by atoms with Gasteiger partial charge in [-0.2, -0.15) is 0 Å². The molecule has 0 bridgehead atoms. The van der Waals surface area contributed by atoms with Gasteiger partial charge in [0.05, 0.1) is 6.57 Å². The van der Waals surface area contributed by atoms with Crippen molar-refractivity contribution in [2.75, 3.05) is 0 Å². The Morgan fingerprint density at radius 1 is 1.55 bits per heavy atom. The van der Waals surface area contributed by atoms with Gasteiger partial charge in [-0.25, -0.2) is 4.85 Å². The van der Waals surface area contributed by atoms with Crippen LogP contribution >= 0.6 is 11.6 Å². The number of benzene rings is 1. The normalized spacial score (nSPS) is 8.73. The maximum atomic E-state index is 10.2. The first-order valence-electron chi connectivity index (χ1n) is 2.90. The van der Waals surface area contributed by atoms with Gasteiger partial charge in [-0.05, 0) is 6.07 Å². The first-order chi connectivity index (χ1) is 5.27. The zero-order chi connectivity index (χ0) is 8.27. The summed E-state index contributed by atoms with van der Waals surface area (Å²) >= 11 is 5.64. The second-order valence-electron chi connectivity index (χ2n) is 1.94. The molecule has 1 aromatic carbocycles. The molecule has 1 aromatic rings. The fourth-order valence-electron chi connectivity index (χ4n) is 0.687. The highest BCUT2D eigenvalue weighted by molar-refractivity contribution is 6.33. The molecule has 0 aliphatic carbocycles. The van der Waals surface area contributed by atoms with Crippen LogP contribution in [0.15, 0.2) is 18.2 Å². The van der Waals surface area contributed by atoms with Crippen LogP contribution < -0.4 is 0 Å². The Hall–Kier alpha value is -1.33. The second kappa shape index (κ2) is 3.18. The summed E-state index contributed by atoms with van der Waals surface area (Å²) < 4.78 is 0. The van der Waals surface area contributed by atoms with Crippen LogP contribution in [0, 0.1) is 6.57 Å². The molecule has 2 nitrogen and oxygen atoms in total. The topological polar surface area (TPSA) is 21.4 Å². The highest BCUT2D eigenvalue weighted by Gasteiger charge is 1.98. The minimum Gasteiger partial charge on any atom is -0.298 e. The molecule has 1 rings (SSSR count). The third-order valence-corrected chi connectivity index (χ3v) is 1.53. The van der Waals surface area contributed by atoms with Crippen molar-refractivity contribution in [3.05, 3.63) is 40.2 Å². The Morgan fingerprint density at radius 2 is 2.27 bits per heavy atom. The van der Waals surface area contributed by atoms with Crippen molar-refractivity contribution in [3.63, 3.8) is 0 Å². The van der Waals surface area contributed by atoms with Crippen molar-refractivity contribution in [2.45, 2.75) is 0 Å². The highest BCUT2D eigenvalue weighted by atomic mass is 35.5. The average molecular weight is 166 g/mol. The van der Waals surface area contributed by atoms with Gasteiger partial charge in [0.15, 0.2) is 0 Å². The fraction of sp³-hybridized carbons (Fsp3) is 0. The zero-order valence-corrected chi connectivity index (χ0v) is 6.30. The van der Waals surface area contributed by atoms with E-state index in [2.05, 4.69) is 4.85 Å². The number of hydrogen-bond donors (Lipinski definition) is 0. The van der Waals surface area contributed by atoms with E-state index in [-0.39, 0.29) is 0 Å². The average Bonchev–Trinajstić information content (AvgIpc) is 2.04. The number of carbonyl (C=O) groups excluding carboxylic acids is 1. The van der Waals surface area contributed by atoms with Gasteiger partial charge in [0, 0.05) is 10.6 Å². The lowest BCUT2D eigenvalue weighted by molar-refractivity contribution is 0.112. The van der Waals surface area contributed by atoms with Crippen LogP contribution in [0.5, 0.6) is 0 Å². The van der Waals surface area contributed by atoms with Crippen LogP contribution in [0.25, 0.3) is 4.85 Å². The summed E-state index contributed by atoms with van der Waals surface area (Å²) in [5.41, 5.74) is 0.861. The van der Waals surface area contributed by atoms with Crippen LogP contribution in [-0.4, -0.2) is 6.29 Å². The smallest absolute Gasteiger partial charge is 0.205 e. The van der Waals surface area contributed by atoms with Crippen LogP contribution in [-0.2, 0) is 0 Å². The molecule has 0 amide bonds. The number of aldehydes is 1. The maximum absolute atomic E-state index is 10.2.